The summed E-state index contributed by atoms with van der Waals surface area (Å²) >= 11 is 0. The van der Waals surface area contributed by atoms with E-state index < -0.39 is 0 Å². The van der Waals surface area contributed by atoms with E-state index in [4.69, 9.17) is 9.47 Å². The molecule has 0 radical (unpaired) electrons. The maximum Gasteiger partial charge on any atom is 0.246 e. The Morgan fingerprint density at radius 3 is 2.74 bits per heavy atom. The topological polar surface area (TPSA) is 50.8 Å². The molecule has 1 saturated carbocycles. The Morgan fingerprint density at radius 2 is 1.96 bits per heavy atom. The molecular weight excluding hydrogens is 292 g/mol. The van der Waals surface area contributed by atoms with Gasteiger partial charge >= 0.3 is 0 Å². The van der Waals surface area contributed by atoms with Gasteiger partial charge in [-0.3, -0.25) is 9.69 Å². The number of likely N-dealkylation sites (tertiary alicyclic amines) is 1. The van der Waals surface area contributed by atoms with Crippen molar-refractivity contribution in [1.82, 2.24) is 10.2 Å². The van der Waals surface area contributed by atoms with Crippen LogP contribution in [0.5, 0.6) is 0 Å². The largest absolute Gasteiger partial charge is 0.376 e. The molecule has 1 N–H and O–H groups in total. The van der Waals surface area contributed by atoms with Crippen molar-refractivity contribution in [3.8, 4) is 0 Å². The van der Waals surface area contributed by atoms with Gasteiger partial charge in [-0.2, -0.15) is 0 Å². The standard InChI is InChI=1S/C18H32N2O3/c21-18(14-22-13-17-9-5-11-23-17)19-15-6-4-10-20(12-15)16-7-2-1-3-8-16/h15-17H,1-14H2,(H,19,21). The molecule has 3 fully saturated rings. The summed E-state index contributed by atoms with van der Waals surface area (Å²) in [6, 6.07) is 1.05. The second-order valence-corrected chi connectivity index (χ2v) is 7.34. The molecule has 0 bridgehead atoms. The molecular formula is C18H32N2O3. The Bertz CT molecular complexity index is 365. The number of hydrogen-bond acceptors (Lipinski definition) is 4. The minimum Gasteiger partial charge on any atom is -0.376 e. The van der Waals surface area contributed by atoms with E-state index in [1.54, 1.807) is 0 Å². The molecule has 5 nitrogen and oxygen atoms in total. The molecule has 1 aliphatic carbocycles. The predicted octanol–water partition coefficient (Wildman–Crippen LogP) is 2.10. The molecule has 5 heteroatoms. The van der Waals surface area contributed by atoms with Gasteiger partial charge in [0.2, 0.25) is 5.91 Å². The van der Waals surface area contributed by atoms with Crippen molar-refractivity contribution in [3.63, 3.8) is 0 Å². The lowest BCUT2D eigenvalue weighted by atomic mass is 9.92. The zero-order chi connectivity index (χ0) is 15.9. The fourth-order valence-electron chi connectivity index (χ4n) is 4.23. The van der Waals surface area contributed by atoms with E-state index in [-0.39, 0.29) is 18.6 Å². The molecule has 0 aromatic carbocycles. The van der Waals surface area contributed by atoms with Crippen molar-refractivity contribution in [2.45, 2.75) is 76.0 Å². The number of hydrogen-bond donors (Lipinski definition) is 1. The molecule has 2 heterocycles. The molecule has 132 valence electrons. The van der Waals surface area contributed by atoms with Crippen LogP contribution in [0, 0.1) is 0 Å². The first-order valence-corrected chi connectivity index (χ1v) is 9.54. The highest BCUT2D eigenvalue weighted by molar-refractivity contribution is 5.77. The number of rotatable bonds is 6. The molecule has 2 aliphatic heterocycles. The van der Waals surface area contributed by atoms with E-state index >= 15 is 0 Å². The van der Waals surface area contributed by atoms with E-state index in [1.807, 2.05) is 0 Å². The average Bonchev–Trinajstić information content (AvgIpc) is 3.09. The average molecular weight is 324 g/mol. The summed E-state index contributed by atoms with van der Waals surface area (Å²) in [5.74, 6) is 0.0264. The summed E-state index contributed by atoms with van der Waals surface area (Å²) in [6.07, 6.45) is 11.5. The highest BCUT2D eigenvalue weighted by Gasteiger charge is 2.27. The maximum absolute atomic E-state index is 12.1. The van der Waals surface area contributed by atoms with Gasteiger partial charge < -0.3 is 14.8 Å². The smallest absolute Gasteiger partial charge is 0.246 e. The highest BCUT2D eigenvalue weighted by Crippen LogP contribution is 2.25. The fourth-order valence-corrected chi connectivity index (χ4v) is 4.23. The molecule has 2 unspecified atom stereocenters. The third-order valence-corrected chi connectivity index (χ3v) is 5.47. The molecule has 2 atom stereocenters. The van der Waals surface area contributed by atoms with Crippen molar-refractivity contribution in [1.29, 1.82) is 0 Å². The van der Waals surface area contributed by atoms with Gasteiger partial charge in [0, 0.05) is 25.2 Å². The zero-order valence-corrected chi connectivity index (χ0v) is 14.3. The van der Waals surface area contributed by atoms with Crippen LogP contribution >= 0.6 is 0 Å². The Labute approximate surface area is 140 Å². The molecule has 2 saturated heterocycles. The summed E-state index contributed by atoms with van der Waals surface area (Å²) in [4.78, 5) is 14.7. The van der Waals surface area contributed by atoms with Crippen LogP contribution in [0.15, 0.2) is 0 Å². The lowest BCUT2D eigenvalue weighted by molar-refractivity contribution is -0.128. The van der Waals surface area contributed by atoms with Crippen LogP contribution in [-0.2, 0) is 14.3 Å². The first-order chi connectivity index (χ1) is 11.3. The summed E-state index contributed by atoms with van der Waals surface area (Å²) < 4.78 is 11.0. The number of piperidine rings is 1. The Balaban J connectivity index is 1.34. The van der Waals surface area contributed by atoms with Crippen molar-refractivity contribution in [2.75, 3.05) is 32.9 Å². The summed E-state index contributed by atoms with van der Waals surface area (Å²) in [7, 11) is 0. The van der Waals surface area contributed by atoms with Gasteiger partial charge in [0.05, 0.1) is 12.7 Å². The van der Waals surface area contributed by atoms with E-state index in [9.17, 15) is 4.79 Å². The van der Waals surface area contributed by atoms with E-state index in [2.05, 4.69) is 10.2 Å². The molecule has 1 amide bonds. The summed E-state index contributed by atoms with van der Waals surface area (Å²) in [5.41, 5.74) is 0. The number of nitrogens with one attached hydrogen (secondary N) is 1. The summed E-state index contributed by atoms with van der Waals surface area (Å²) in [5, 5.41) is 3.17. The van der Waals surface area contributed by atoms with E-state index in [0.717, 1.165) is 38.5 Å². The SMILES string of the molecule is O=C(COCC1CCCO1)NC1CCCN(C2CCCCC2)C1. The first-order valence-electron chi connectivity index (χ1n) is 9.54. The van der Waals surface area contributed by atoms with E-state index in [1.165, 1.54) is 45.1 Å². The third kappa shape index (κ3) is 5.44. The fraction of sp³-hybridized carbons (Fsp3) is 0.944. The molecule has 0 aromatic heterocycles. The minimum absolute atomic E-state index is 0.0264. The van der Waals surface area contributed by atoms with Crippen LogP contribution in [0.2, 0.25) is 0 Å². The predicted molar refractivity (Wildman–Crippen MR) is 89.4 cm³/mol. The van der Waals surface area contributed by atoms with Gasteiger partial charge in [-0.25, -0.2) is 0 Å². The number of ether oxygens (including phenoxy) is 2. The Kier molecular flexibility index (Phi) is 6.72. The lowest BCUT2D eigenvalue weighted by Crippen LogP contribution is -2.52. The number of carbonyl (C=O) groups is 1. The van der Waals surface area contributed by atoms with E-state index in [0.29, 0.717) is 12.6 Å². The second-order valence-electron chi connectivity index (χ2n) is 7.34. The van der Waals surface area contributed by atoms with Crippen molar-refractivity contribution in [2.24, 2.45) is 0 Å². The molecule has 23 heavy (non-hydrogen) atoms. The van der Waals surface area contributed by atoms with Gasteiger partial charge in [0.25, 0.3) is 0 Å². The number of amides is 1. The normalized spacial score (nSPS) is 30.4. The lowest BCUT2D eigenvalue weighted by Gasteiger charge is -2.40. The highest BCUT2D eigenvalue weighted by atomic mass is 16.5. The van der Waals surface area contributed by atoms with Gasteiger partial charge in [-0.15, -0.1) is 0 Å². The number of carbonyl (C=O) groups excluding carboxylic acids is 1. The zero-order valence-electron chi connectivity index (χ0n) is 14.3. The van der Waals surface area contributed by atoms with Crippen molar-refractivity contribution in [3.05, 3.63) is 0 Å². The quantitative estimate of drug-likeness (QED) is 0.813. The van der Waals surface area contributed by atoms with Crippen LogP contribution in [0.4, 0.5) is 0 Å². The summed E-state index contributed by atoms with van der Waals surface area (Å²) in [6.45, 7) is 3.76. The molecule has 0 spiro atoms. The third-order valence-electron chi connectivity index (χ3n) is 5.47. The van der Waals surface area contributed by atoms with Gasteiger partial charge in [0.15, 0.2) is 0 Å². The van der Waals surface area contributed by atoms with Crippen LogP contribution in [-0.4, -0.2) is 61.9 Å². The van der Waals surface area contributed by atoms with Crippen LogP contribution in [0.3, 0.4) is 0 Å². The maximum atomic E-state index is 12.1. The molecule has 3 rings (SSSR count). The molecule has 0 aromatic rings. The minimum atomic E-state index is 0.0264. The number of nitrogens with zero attached hydrogens (tertiary/aromatic N) is 1. The molecule has 3 aliphatic rings. The Hall–Kier alpha value is -0.650. The van der Waals surface area contributed by atoms with Crippen molar-refractivity contribution < 1.29 is 14.3 Å². The first kappa shape index (κ1) is 17.2. The second kappa shape index (κ2) is 9.00. The van der Waals surface area contributed by atoms with Crippen LogP contribution in [0.1, 0.15) is 57.8 Å². The van der Waals surface area contributed by atoms with Gasteiger partial charge in [0.1, 0.15) is 6.61 Å². The van der Waals surface area contributed by atoms with Crippen molar-refractivity contribution >= 4 is 5.91 Å². The van der Waals surface area contributed by atoms with Crippen LogP contribution < -0.4 is 5.32 Å². The monoisotopic (exact) mass is 324 g/mol. The van der Waals surface area contributed by atoms with Gasteiger partial charge in [-0.1, -0.05) is 19.3 Å². The Morgan fingerprint density at radius 1 is 1.09 bits per heavy atom. The van der Waals surface area contributed by atoms with Gasteiger partial charge in [-0.05, 0) is 45.1 Å². The van der Waals surface area contributed by atoms with Crippen LogP contribution in [0.25, 0.3) is 0 Å².